The van der Waals surface area contributed by atoms with E-state index in [9.17, 15) is 4.79 Å². The van der Waals surface area contributed by atoms with Crippen LogP contribution in [0.1, 0.15) is 44.6 Å². The molecular weight excluding hydrogens is 356 g/mol. The number of rotatable bonds is 5. The number of nitrogens with one attached hydrogen (secondary N) is 1. The maximum atomic E-state index is 11.9. The number of nitrogens with zero attached hydrogens (tertiary/aromatic N) is 3. The van der Waals surface area contributed by atoms with Crippen LogP contribution < -0.4 is 10.1 Å². The van der Waals surface area contributed by atoms with Crippen LogP contribution in [0.4, 0.5) is 0 Å². The monoisotopic (exact) mass is 388 g/mol. The highest BCUT2D eigenvalue weighted by Crippen LogP contribution is 2.25. The SMILES string of the molecule is CN=C(NCc1ccnc(OC2CCCCC2)c1)N1CC(C)C(C(=O)OC)C1. The number of aromatic nitrogens is 1. The Morgan fingerprint density at radius 2 is 2.11 bits per heavy atom. The maximum absolute atomic E-state index is 11.9. The number of hydrogen-bond acceptors (Lipinski definition) is 5. The van der Waals surface area contributed by atoms with Crippen LogP contribution in [0, 0.1) is 11.8 Å². The third kappa shape index (κ3) is 5.14. The van der Waals surface area contributed by atoms with Crippen molar-refractivity contribution in [3.8, 4) is 5.88 Å². The van der Waals surface area contributed by atoms with Gasteiger partial charge in [-0.05, 0) is 43.2 Å². The van der Waals surface area contributed by atoms with E-state index in [0.717, 1.165) is 30.9 Å². The fourth-order valence-corrected chi connectivity index (χ4v) is 4.09. The van der Waals surface area contributed by atoms with Gasteiger partial charge in [-0.15, -0.1) is 0 Å². The highest BCUT2D eigenvalue weighted by Gasteiger charge is 2.36. The molecule has 0 radical (unpaired) electrons. The van der Waals surface area contributed by atoms with E-state index in [2.05, 4.69) is 27.1 Å². The minimum atomic E-state index is -0.149. The molecule has 1 saturated carbocycles. The molecule has 1 aliphatic heterocycles. The van der Waals surface area contributed by atoms with Gasteiger partial charge in [-0.1, -0.05) is 13.3 Å². The molecule has 3 rings (SSSR count). The quantitative estimate of drug-likeness (QED) is 0.475. The molecule has 1 aromatic rings. The topological polar surface area (TPSA) is 76.1 Å². The van der Waals surface area contributed by atoms with Gasteiger partial charge in [-0.25, -0.2) is 4.98 Å². The van der Waals surface area contributed by atoms with Crippen molar-refractivity contribution in [2.24, 2.45) is 16.8 Å². The summed E-state index contributed by atoms with van der Waals surface area (Å²) >= 11 is 0. The average Bonchev–Trinajstić information content (AvgIpc) is 3.10. The van der Waals surface area contributed by atoms with E-state index in [0.29, 0.717) is 25.1 Å². The first kappa shape index (κ1) is 20.4. The third-order valence-corrected chi connectivity index (χ3v) is 5.72. The number of ether oxygens (including phenoxy) is 2. The van der Waals surface area contributed by atoms with Crippen LogP contribution in [0.25, 0.3) is 0 Å². The molecule has 1 N–H and O–H groups in total. The van der Waals surface area contributed by atoms with Crippen LogP contribution in [0.15, 0.2) is 23.3 Å². The van der Waals surface area contributed by atoms with Crippen LogP contribution >= 0.6 is 0 Å². The number of hydrogen-bond donors (Lipinski definition) is 1. The van der Waals surface area contributed by atoms with E-state index in [-0.39, 0.29) is 17.8 Å². The van der Waals surface area contributed by atoms with Crippen LogP contribution in [0.5, 0.6) is 5.88 Å². The molecule has 2 atom stereocenters. The van der Waals surface area contributed by atoms with E-state index in [1.54, 1.807) is 13.2 Å². The highest BCUT2D eigenvalue weighted by atomic mass is 16.5. The number of methoxy groups -OCH3 is 1. The normalized spacial score (nSPS) is 23.5. The fourth-order valence-electron chi connectivity index (χ4n) is 4.09. The lowest BCUT2D eigenvalue weighted by Crippen LogP contribution is -2.40. The van der Waals surface area contributed by atoms with Crippen molar-refractivity contribution >= 4 is 11.9 Å². The third-order valence-electron chi connectivity index (χ3n) is 5.72. The molecule has 2 aliphatic rings. The first-order valence-corrected chi connectivity index (χ1v) is 10.3. The second-order valence-corrected chi connectivity index (χ2v) is 7.79. The molecule has 1 aromatic heterocycles. The zero-order chi connectivity index (χ0) is 19.9. The average molecular weight is 389 g/mol. The van der Waals surface area contributed by atoms with Gasteiger partial charge in [-0.2, -0.15) is 0 Å². The number of pyridine rings is 1. The van der Waals surface area contributed by atoms with Crippen molar-refractivity contribution in [1.29, 1.82) is 0 Å². The Kier molecular flexibility index (Phi) is 7.12. The van der Waals surface area contributed by atoms with Gasteiger partial charge in [0.2, 0.25) is 5.88 Å². The van der Waals surface area contributed by atoms with E-state index in [1.165, 1.54) is 26.4 Å². The van der Waals surface area contributed by atoms with Crippen molar-refractivity contribution in [2.45, 2.75) is 51.7 Å². The molecular formula is C21H32N4O3. The summed E-state index contributed by atoms with van der Waals surface area (Å²) in [6.07, 6.45) is 8.10. The van der Waals surface area contributed by atoms with Gasteiger partial charge in [0.05, 0.1) is 13.0 Å². The zero-order valence-electron chi connectivity index (χ0n) is 17.2. The van der Waals surface area contributed by atoms with Gasteiger partial charge in [0.1, 0.15) is 6.10 Å². The number of carbonyl (C=O) groups is 1. The molecule has 7 nitrogen and oxygen atoms in total. The van der Waals surface area contributed by atoms with Crippen molar-refractivity contribution < 1.29 is 14.3 Å². The summed E-state index contributed by atoms with van der Waals surface area (Å²) in [6.45, 7) is 4.11. The Morgan fingerprint density at radius 3 is 2.82 bits per heavy atom. The lowest BCUT2D eigenvalue weighted by atomic mass is 9.98. The van der Waals surface area contributed by atoms with Gasteiger partial charge in [0, 0.05) is 38.9 Å². The van der Waals surface area contributed by atoms with Gasteiger partial charge in [-0.3, -0.25) is 9.79 Å². The molecule has 154 valence electrons. The second-order valence-electron chi connectivity index (χ2n) is 7.79. The maximum Gasteiger partial charge on any atom is 0.310 e. The molecule has 0 bridgehead atoms. The number of esters is 1. The Morgan fingerprint density at radius 1 is 1.32 bits per heavy atom. The number of carbonyl (C=O) groups excluding carboxylic acids is 1. The standard InChI is InChI=1S/C21H32N4O3/c1-15-13-25(14-18(15)20(26)27-3)21(22-2)24-12-16-9-10-23-19(11-16)28-17-7-5-4-6-8-17/h9-11,15,17-18H,4-8,12-14H2,1-3H3,(H,22,24). The molecule has 2 unspecified atom stereocenters. The summed E-state index contributed by atoms with van der Waals surface area (Å²) in [4.78, 5) is 22.8. The van der Waals surface area contributed by atoms with Gasteiger partial charge < -0.3 is 19.7 Å². The van der Waals surface area contributed by atoms with Gasteiger partial charge >= 0.3 is 5.97 Å². The van der Waals surface area contributed by atoms with Crippen molar-refractivity contribution in [2.75, 3.05) is 27.2 Å². The van der Waals surface area contributed by atoms with E-state index < -0.39 is 0 Å². The van der Waals surface area contributed by atoms with Crippen LogP contribution in [-0.4, -0.2) is 55.2 Å². The molecule has 1 saturated heterocycles. The van der Waals surface area contributed by atoms with Crippen molar-refractivity contribution in [1.82, 2.24) is 15.2 Å². The van der Waals surface area contributed by atoms with Crippen molar-refractivity contribution in [3.63, 3.8) is 0 Å². The number of likely N-dealkylation sites (tertiary alicyclic amines) is 1. The molecule has 7 heteroatoms. The van der Waals surface area contributed by atoms with E-state index >= 15 is 0 Å². The molecule has 2 fully saturated rings. The summed E-state index contributed by atoms with van der Waals surface area (Å²) in [5, 5.41) is 3.40. The number of aliphatic imine (C=N–C) groups is 1. The Labute approximate surface area is 167 Å². The highest BCUT2D eigenvalue weighted by molar-refractivity contribution is 5.82. The summed E-state index contributed by atoms with van der Waals surface area (Å²) in [6, 6.07) is 3.98. The summed E-state index contributed by atoms with van der Waals surface area (Å²) in [5.41, 5.74) is 1.10. The first-order chi connectivity index (χ1) is 13.6. The van der Waals surface area contributed by atoms with Crippen LogP contribution in [0.2, 0.25) is 0 Å². The Balaban J connectivity index is 1.55. The lowest BCUT2D eigenvalue weighted by molar-refractivity contribution is -0.145. The molecule has 2 heterocycles. The van der Waals surface area contributed by atoms with Gasteiger partial charge in [0.15, 0.2) is 5.96 Å². The minimum absolute atomic E-state index is 0.111. The van der Waals surface area contributed by atoms with E-state index in [1.807, 2.05) is 12.1 Å². The van der Waals surface area contributed by atoms with Gasteiger partial charge in [0.25, 0.3) is 0 Å². The molecule has 1 aliphatic carbocycles. The first-order valence-electron chi connectivity index (χ1n) is 10.3. The predicted molar refractivity (Wildman–Crippen MR) is 108 cm³/mol. The molecule has 0 amide bonds. The minimum Gasteiger partial charge on any atom is -0.474 e. The Bertz CT molecular complexity index is 688. The van der Waals surface area contributed by atoms with Crippen LogP contribution in [-0.2, 0) is 16.1 Å². The second kappa shape index (κ2) is 9.75. The van der Waals surface area contributed by atoms with Crippen molar-refractivity contribution in [3.05, 3.63) is 23.9 Å². The largest absolute Gasteiger partial charge is 0.474 e. The lowest BCUT2D eigenvalue weighted by Gasteiger charge is -2.23. The zero-order valence-corrected chi connectivity index (χ0v) is 17.2. The summed E-state index contributed by atoms with van der Waals surface area (Å²) < 4.78 is 11.0. The number of guanidine groups is 1. The summed E-state index contributed by atoms with van der Waals surface area (Å²) in [7, 11) is 3.21. The Hall–Kier alpha value is -2.31. The summed E-state index contributed by atoms with van der Waals surface area (Å²) in [5.74, 6) is 1.47. The molecule has 0 aromatic carbocycles. The fraction of sp³-hybridized carbons (Fsp3) is 0.667. The predicted octanol–water partition coefficient (Wildman–Crippen LogP) is 2.61. The molecule has 28 heavy (non-hydrogen) atoms. The van der Waals surface area contributed by atoms with Crippen LogP contribution in [0.3, 0.4) is 0 Å². The smallest absolute Gasteiger partial charge is 0.310 e. The molecule has 0 spiro atoms. The van der Waals surface area contributed by atoms with E-state index in [4.69, 9.17) is 9.47 Å².